The molecule has 0 aliphatic rings. The van der Waals surface area contributed by atoms with E-state index < -0.39 is 12.1 Å². The maximum Gasteiger partial charge on any atom is 0.305 e. The van der Waals surface area contributed by atoms with Crippen LogP contribution in [0, 0.1) is 0 Å². The second-order valence-corrected chi connectivity index (χ2v) is 18.6. The number of amides is 1. The molecule has 0 saturated carbocycles. The summed E-state index contributed by atoms with van der Waals surface area (Å²) in [6.45, 7) is 4.89. The smallest absolute Gasteiger partial charge is 0.305 e. The number of aliphatic hydroxyl groups excluding tert-OH is 2. The number of esters is 1. The number of nitrogens with one attached hydrogen (secondary N) is 1. The molecule has 1 amide bonds. The molecule has 2 unspecified atom stereocenters. The lowest BCUT2D eigenvalue weighted by Gasteiger charge is -2.22. The molecule has 0 saturated heterocycles. The summed E-state index contributed by atoms with van der Waals surface area (Å²) in [5.41, 5.74) is 0. The summed E-state index contributed by atoms with van der Waals surface area (Å²) >= 11 is 0. The van der Waals surface area contributed by atoms with Gasteiger partial charge in [-0.15, -0.1) is 0 Å². The number of unbranched alkanes of at least 4 members (excludes halogenated alkanes) is 35. The van der Waals surface area contributed by atoms with E-state index in [1.807, 2.05) is 0 Å². The zero-order valence-corrected chi connectivity index (χ0v) is 40.9. The van der Waals surface area contributed by atoms with Crippen molar-refractivity contribution in [3.63, 3.8) is 0 Å². The van der Waals surface area contributed by atoms with Gasteiger partial charge in [0.05, 0.1) is 25.4 Å². The van der Waals surface area contributed by atoms with E-state index >= 15 is 0 Å². The molecule has 0 fully saturated rings. The topological polar surface area (TPSA) is 95.9 Å². The van der Waals surface area contributed by atoms with Gasteiger partial charge in [0.15, 0.2) is 0 Å². The molecule has 6 heteroatoms. The minimum atomic E-state index is -0.663. The van der Waals surface area contributed by atoms with Crippen LogP contribution in [-0.2, 0) is 14.3 Å². The second-order valence-electron chi connectivity index (χ2n) is 18.6. The second kappa shape index (κ2) is 51.0. The lowest BCUT2D eigenvalue weighted by Crippen LogP contribution is -2.45. The quantitative estimate of drug-likeness (QED) is 0.0322. The molecule has 0 radical (unpaired) electrons. The lowest BCUT2D eigenvalue weighted by molar-refractivity contribution is -0.143. The van der Waals surface area contributed by atoms with Crippen LogP contribution in [0.4, 0.5) is 0 Å². The Bertz CT molecular complexity index is 951. The van der Waals surface area contributed by atoms with Crippen molar-refractivity contribution < 1.29 is 24.5 Å². The highest BCUT2D eigenvalue weighted by Crippen LogP contribution is 2.17. The third-order valence-electron chi connectivity index (χ3n) is 12.5. The molecule has 0 heterocycles. The van der Waals surface area contributed by atoms with Crippen LogP contribution < -0.4 is 5.32 Å². The zero-order chi connectivity index (χ0) is 44.4. The molecule has 360 valence electrons. The zero-order valence-electron chi connectivity index (χ0n) is 40.9. The van der Waals surface area contributed by atoms with Crippen molar-refractivity contribution in [2.24, 2.45) is 0 Å². The van der Waals surface area contributed by atoms with E-state index in [1.54, 1.807) is 0 Å². The number of rotatable bonds is 50. The van der Waals surface area contributed by atoms with Crippen LogP contribution in [0.15, 0.2) is 24.3 Å². The van der Waals surface area contributed by atoms with Gasteiger partial charge in [-0.2, -0.15) is 0 Å². The van der Waals surface area contributed by atoms with E-state index in [-0.39, 0.29) is 18.5 Å². The third-order valence-corrected chi connectivity index (χ3v) is 12.5. The normalized spacial score (nSPS) is 12.8. The standard InChI is InChI=1S/C55H105NO5/c1-3-5-7-9-11-13-15-16-26-29-33-37-41-45-49-55(60)61-50-46-42-38-34-30-27-24-22-20-18-17-19-21-23-25-28-32-36-40-44-48-54(59)56-52(51-57)53(58)47-43-39-35-31-14-12-10-8-6-4-2/h9,11,15-16,52-53,57-58H,3-8,10,12-14,17-51H2,1-2H3,(H,56,59)/b11-9-,16-15-. The van der Waals surface area contributed by atoms with E-state index in [0.29, 0.717) is 25.9 Å². The van der Waals surface area contributed by atoms with Gasteiger partial charge in [-0.3, -0.25) is 9.59 Å². The predicted octanol–water partition coefficient (Wildman–Crippen LogP) is 16.3. The van der Waals surface area contributed by atoms with Gasteiger partial charge in [-0.05, 0) is 51.4 Å². The summed E-state index contributed by atoms with van der Waals surface area (Å²) < 4.78 is 5.46. The first kappa shape index (κ1) is 59.3. The Hall–Kier alpha value is -1.66. The molecular formula is C55H105NO5. The van der Waals surface area contributed by atoms with Gasteiger partial charge < -0.3 is 20.3 Å². The van der Waals surface area contributed by atoms with E-state index in [2.05, 4.69) is 43.5 Å². The first-order valence-electron chi connectivity index (χ1n) is 27.1. The highest BCUT2D eigenvalue weighted by molar-refractivity contribution is 5.76. The van der Waals surface area contributed by atoms with Crippen LogP contribution in [0.5, 0.6) is 0 Å². The Labute approximate surface area is 380 Å². The highest BCUT2D eigenvalue weighted by atomic mass is 16.5. The monoisotopic (exact) mass is 860 g/mol. The lowest BCUT2D eigenvalue weighted by atomic mass is 10.0. The fraction of sp³-hybridized carbons (Fsp3) is 0.891. The molecule has 0 spiro atoms. The Kier molecular flexibility index (Phi) is 49.6. The van der Waals surface area contributed by atoms with Crippen LogP contribution >= 0.6 is 0 Å². The first-order valence-corrected chi connectivity index (χ1v) is 27.1. The highest BCUT2D eigenvalue weighted by Gasteiger charge is 2.20. The van der Waals surface area contributed by atoms with Crippen LogP contribution in [0.25, 0.3) is 0 Å². The fourth-order valence-electron chi connectivity index (χ4n) is 8.30. The molecule has 2 atom stereocenters. The number of carbonyl (C=O) groups excluding carboxylic acids is 2. The van der Waals surface area contributed by atoms with Gasteiger partial charge in [0.25, 0.3) is 0 Å². The van der Waals surface area contributed by atoms with Gasteiger partial charge >= 0.3 is 5.97 Å². The summed E-state index contributed by atoms with van der Waals surface area (Å²) in [5.74, 6) is -0.0429. The number of aliphatic hydroxyl groups is 2. The largest absolute Gasteiger partial charge is 0.466 e. The molecule has 0 aromatic carbocycles. The number of hydrogen-bond donors (Lipinski definition) is 3. The number of ether oxygens (including phenoxy) is 1. The summed E-state index contributed by atoms with van der Waals surface area (Å²) in [7, 11) is 0. The third kappa shape index (κ3) is 47.7. The Morgan fingerprint density at radius 3 is 1.30 bits per heavy atom. The SMILES string of the molecule is CCCC/C=C\C/C=C\CCCCCCCC(=O)OCCCCCCCCCCCCCCCCCCCCCCC(=O)NC(CO)C(O)CCCCCCCCCCCC. The first-order chi connectivity index (χ1) is 30.0. The van der Waals surface area contributed by atoms with Crippen molar-refractivity contribution in [3.05, 3.63) is 24.3 Å². The molecule has 0 aliphatic carbocycles. The Morgan fingerprint density at radius 2 is 0.836 bits per heavy atom. The van der Waals surface area contributed by atoms with Crippen molar-refractivity contribution in [3.8, 4) is 0 Å². The van der Waals surface area contributed by atoms with Gasteiger partial charge in [0.1, 0.15) is 0 Å². The van der Waals surface area contributed by atoms with Gasteiger partial charge in [0, 0.05) is 12.8 Å². The molecular weight excluding hydrogens is 755 g/mol. The van der Waals surface area contributed by atoms with Crippen molar-refractivity contribution >= 4 is 11.9 Å². The van der Waals surface area contributed by atoms with Gasteiger partial charge in [-0.1, -0.05) is 250 Å². The van der Waals surface area contributed by atoms with E-state index in [0.717, 1.165) is 51.4 Å². The van der Waals surface area contributed by atoms with Gasteiger partial charge in [0.2, 0.25) is 5.91 Å². The van der Waals surface area contributed by atoms with Crippen LogP contribution in [0.2, 0.25) is 0 Å². The molecule has 6 nitrogen and oxygen atoms in total. The average molecular weight is 860 g/mol. The van der Waals surface area contributed by atoms with Crippen LogP contribution in [0.3, 0.4) is 0 Å². The Morgan fingerprint density at radius 1 is 0.459 bits per heavy atom. The van der Waals surface area contributed by atoms with Crippen molar-refractivity contribution in [1.82, 2.24) is 5.32 Å². The molecule has 0 bridgehead atoms. The number of hydrogen-bond acceptors (Lipinski definition) is 5. The molecule has 0 aromatic rings. The number of carbonyl (C=O) groups is 2. The minimum absolute atomic E-state index is 0.00426. The van der Waals surface area contributed by atoms with Crippen LogP contribution in [0.1, 0.15) is 290 Å². The average Bonchev–Trinajstić information content (AvgIpc) is 3.26. The number of allylic oxidation sites excluding steroid dienone is 4. The van der Waals surface area contributed by atoms with Crippen molar-refractivity contribution in [2.75, 3.05) is 13.2 Å². The molecule has 0 aromatic heterocycles. The minimum Gasteiger partial charge on any atom is -0.466 e. The van der Waals surface area contributed by atoms with E-state index in [1.165, 1.54) is 205 Å². The fourth-order valence-corrected chi connectivity index (χ4v) is 8.30. The van der Waals surface area contributed by atoms with E-state index in [9.17, 15) is 19.8 Å². The molecule has 3 N–H and O–H groups in total. The Balaban J connectivity index is 3.38. The predicted molar refractivity (Wildman–Crippen MR) is 264 cm³/mol. The maximum atomic E-state index is 12.4. The molecule has 61 heavy (non-hydrogen) atoms. The molecule has 0 rings (SSSR count). The van der Waals surface area contributed by atoms with Crippen molar-refractivity contribution in [1.29, 1.82) is 0 Å². The van der Waals surface area contributed by atoms with Crippen LogP contribution in [-0.4, -0.2) is 47.4 Å². The molecule has 0 aliphatic heterocycles. The van der Waals surface area contributed by atoms with Gasteiger partial charge in [-0.25, -0.2) is 0 Å². The van der Waals surface area contributed by atoms with Crippen molar-refractivity contribution in [2.45, 2.75) is 302 Å². The summed E-state index contributed by atoms with van der Waals surface area (Å²) in [5, 5.41) is 23.1. The van der Waals surface area contributed by atoms with E-state index in [4.69, 9.17) is 4.74 Å². The summed E-state index contributed by atoms with van der Waals surface area (Å²) in [6.07, 6.45) is 60.2. The maximum absolute atomic E-state index is 12.4. The summed E-state index contributed by atoms with van der Waals surface area (Å²) in [4.78, 5) is 24.4. The summed E-state index contributed by atoms with van der Waals surface area (Å²) in [6, 6.07) is -0.541.